The maximum Gasteiger partial charge on any atom is 0.212 e. The Balaban J connectivity index is 2.54. The molecule has 2 heterocycles. The molecular weight excluding hydrogens is 188 g/mol. The Kier molecular flexibility index (Phi) is 1.48. The van der Waals surface area contributed by atoms with Crippen LogP contribution in [-0.2, 0) is 0 Å². The monoisotopic (exact) mass is 194 g/mol. The minimum atomic E-state index is 0.300. The molecular formula is C11H6N4. The van der Waals surface area contributed by atoms with E-state index in [2.05, 4.69) is 15.0 Å². The van der Waals surface area contributed by atoms with Crippen molar-refractivity contribution in [3.63, 3.8) is 0 Å². The van der Waals surface area contributed by atoms with E-state index in [1.54, 1.807) is 6.20 Å². The first-order valence-electron chi connectivity index (χ1n) is 4.52. The standard InChI is InChI=1S/C11H6N4/c12-5-9-14-10-8-4-2-1-3-7(8)6-13-11(10)15-9/h1-4,6H,(H,13,14,15). The molecule has 0 aliphatic heterocycles. The number of benzene rings is 1. The number of pyridine rings is 1. The summed E-state index contributed by atoms with van der Waals surface area (Å²) in [6.45, 7) is 0. The van der Waals surface area contributed by atoms with Crippen LogP contribution in [0.15, 0.2) is 30.5 Å². The van der Waals surface area contributed by atoms with Crippen molar-refractivity contribution in [3.8, 4) is 6.07 Å². The molecule has 0 bridgehead atoms. The van der Waals surface area contributed by atoms with Crippen LogP contribution in [0.4, 0.5) is 0 Å². The molecule has 15 heavy (non-hydrogen) atoms. The maximum atomic E-state index is 8.74. The molecule has 1 N–H and O–H groups in total. The van der Waals surface area contributed by atoms with Gasteiger partial charge in [0, 0.05) is 17.0 Å². The molecule has 70 valence electrons. The number of nitrogens with one attached hydrogen (secondary N) is 1. The van der Waals surface area contributed by atoms with Gasteiger partial charge in [-0.25, -0.2) is 9.97 Å². The predicted molar refractivity (Wildman–Crippen MR) is 56.1 cm³/mol. The third kappa shape index (κ3) is 1.07. The minimum Gasteiger partial charge on any atom is -0.314 e. The lowest BCUT2D eigenvalue weighted by molar-refractivity contribution is 1.23. The van der Waals surface area contributed by atoms with Crippen LogP contribution in [-0.4, -0.2) is 15.0 Å². The van der Waals surface area contributed by atoms with E-state index in [0.717, 1.165) is 16.3 Å². The van der Waals surface area contributed by atoms with Gasteiger partial charge in [0.1, 0.15) is 11.6 Å². The molecule has 4 nitrogen and oxygen atoms in total. The van der Waals surface area contributed by atoms with Gasteiger partial charge in [-0.15, -0.1) is 0 Å². The molecule has 0 spiro atoms. The summed E-state index contributed by atoms with van der Waals surface area (Å²) in [6, 6.07) is 9.82. The first kappa shape index (κ1) is 7.94. The summed E-state index contributed by atoms with van der Waals surface area (Å²) < 4.78 is 0. The topological polar surface area (TPSA) is 65.4 Å². The summed E-state index contributed by atoms with van der Waals surface area (Å²) in [6.07, 6.45) is 1.77. The van der Waals surface area contributed by atoms with Gasteiger partial charge in [0.2, 0.25) is 5.82 Å². The average Bonchev–Trinajstić information content (AvgIpc) is 2.72. The highest BCUT2D eigenvalue weighted by Crippen LogP contribution is 2.20. The minimum absolute atomic E-state index is 0.300. The number of hydrogen-bond donors (Lipinski definition) is 1. The number of aromatic amines is 1. The zero-order valence-electron chi connectivity index (χ0n) is 7.73. The molecule has 0 amide bonds. The van der Waals surface area contributed by atoms with E-state index in [-0.39, 0.29) is 0 Å². The second-order valence-electron chi connectivity index (χ2n) is 3.24. The smallest absolute Gasteiger partial charge is 0.212 e. The van der Waals surface area contributed by atoms with E-state index in [0.29, 0.717) is 11.5 Å². The Morgan fingerprint density at radius 2 is 2.13 bits per heavy atom. The second-order valence-corrected chi connectivity index (χ2v) is 3.24. The van der Waals surface area contributed by atoms with Gasteiger partial charge in [0.25, 0.3) is 0 Å². The van der Waals surface area contributed by atoms with Crippen molar-refractivity contribution in [1.82, 2.24) is 15.0 Å². The molecule has 3 rings (SSSR count). The number of nitriles is 1. The summed E-state index contributed by atoms with van der Waals surface area (Å²) in [4.78, 5) is 11.2. The normalized spacial score (nSPS) is 10.6. The number of H-pyrrole nitrogens is 1. The maximum absolute atomic E-state index is 8.74. The fourth-order valence-electron chi connectivity index (χ4n) is 1.66. The van der Waals surface area contributed by atoms with E-state index in [1.165, 1.54) is 0 Å². The molecule has 0 atom stereocenters. The van der Waals surface area contributed by atoms with Crippen LogP contribution in [0.2, 0.25) is 0 Å². The largest absolute Gasteiger partial charge is 0.314 e. The van der Waals surface area contributed by atoms with E-state index in [9.17, 15) is 0 Å². The van der Waals surface area contributed by atoms with Crippen molar-refractivity contribution in [2.75, 3.05) is 0 Å². The van der Waals surface area contributed by atoms with Gasteiger partial charge in [-0.1, -0.05) is 24.3 Å². The molecule has 0 aliphatic rings. The molecule has 2 aromatic heterocycles. The fourth-order valence-corrected chi connectivity index (χ4v) is 1.66. The fraction of sp³-hybridized carbons (Fsp3) is 0. The number of aromatic nitrogens is 3. The summed E-state index contributed by atoms with van der Waals surface area (Å²) >= 11 is 0. The highest BCUT2D eigenvalue weighted by Gasteiger charge is 2.06. The van der Waals surface area contributed by atoms with Crippen LogP contribution >= 0.6 is 0 Å². The lowest BCUT2D eigenvalue weighted by Gasteiger charge is -1.95. The van der Waals surface area contributed by atoms with Gasteiger partial charge < -0.3 is 4.98 Å². The van der Waals surface area contributed by atoms with Crippen molar-refractivity contribution in [2.24, 2.45) is 0 Å². The number of imidazole rings is 1. The van der Waals surface area contributed by atoms with Gasteiger partial charge in [-0.05, 0) is 0 Å². The molecule has 1 aromatic carbocycles. The highest BCUT2D eigenvalue weighted by atomic mass is 15.0. The third-order valence-electron chi connectivity index (χ3n) is 2.34. The molecule has 0 radical (unpaired) electrons. The lowest BCUT2D eigenvalue weighted by Crippen LogP contribution is -1.79. The van der Waals surface area contributed by atoms with Crippen LogP contribution < -0.4 is 0 Å². The number of rotatable bonds is 0. The van der Waals surface area contributed by atoms with E-state index >= 15 is 0 Å². The average molecular weight is 194 g/mol. The highest BCUT2D eigenvalue weighted by molar-refractivity contribution is 6.02. The summed E-state index contributed by atoms with van der Waals surface area (Å²) in [5, 5.41) is 10.8. The van der Waals surface area contributed by atoms with Crippen LogP contribution in [0.25, 0.3) is 21.9 Å². The summed E-state index contributed by atoms with van der Waals surface area (Å²) in [5.41, 5.74) is 1.41. The van der Waals surface area contributed by atoms with Crippen LogP contribution in [0, 0.1) is 11.3 Å². The Bertz CT molecular complexity index is 690. The van der Waals surface area contributed by atoms with Crippen molar-refractivity contribution >= 4 is 21.9 Å². The molecule has 0 unspecified atom stereocenters. The van der Waals surface area contributed by atoms with Crippen molar-refractivity contribution in [3.05, 3.63) is 36.3 Å². The zero-order chi connectivity index (χ0) is 10.3. The lowest BCUT2D eigenvalue weighted by atomic mass is 10.1. The SMILES string of the molecule is N#Cc1nc2c(ncc3ccccc32)[nH]1. The van der Waals surface area contributed by atoms with Crippen LogP contribution in [0.3, 0.4) is 0 Å². The van der Waals surface area contributed by atoms with E-state index in [1.807, 2.05) is 30.3 Å². The molecule has 0 saturated heterocycles. The Hall–Kier alpha value is -2.41. The first-order chi connectivity index (χ1) is 7.38. The Morgan fingerprint density at radius 1 is 1.27 bits per heavy atom. The quantitative estimate of drug-likeness (QED) is 0.595. The third-order valence-corrected chi connectivity index (χ3v) is 2.34. The molecule has 0 aliphatic carbocycles. The molecule has 3 aromatic rings. The number of hydrogen-bond acceptors (Lipinski definition) is 3. The van der Waals surface area contributed by atoms with Crippen molar-refractivity contribution < 1.29 is 0 Å². The Labute approximate surface area is 85.2 Å². The van der Waals surface area contributed by atoms with Gasteiger partial charge in [0.05, 0.1) is 0 Å². The first-order valence-corrected chi connectivity index (χ1v) is 4.52. The van der Waals surface area contributed by atoms with Crippen molar-refractivity contribution in [2.45, 2.75) is 0 Å². The van der Waals surface area contributed by atoms with Crippen molar-refractivity contribution in [1.29, 1.82) is 5.26 Å². The van der Waals surface area contributed by atoms with Gasteiger partial charge in [-0.3, -0.25) is 0 Å². The molecule has 4 heteroatoms. The van der Waals surface area contributed by atoms with Crippen LogP contribution in [0.5, 0.6) is 0 Å². The zero-order valence-corrected chi connectivity index (χ0v) is 7.73. The summed E-state index contributed by atoms with van der Waals surface area (Å²) in [7, 11) is 0. The predicted octanol–water partition coefficient (Wildman–Crippen LogP) is 1.98. The number of nitrogens with zero attached hydrogens (tertiary/aromatic N) is 3. The van der Waals surface area contributed by atoms with E-state index in [4.69, 9.17) is 5.26 Å². The van der Waals surface area contributed by atoms with Gasteiger partial charge in [0.15, 0.2) is 5.65 Å². The van der Waals surface area contributed by atoms with Gasteiger partial charge in [-0.2, -0.15) is 5.26 Å². The Morgan fingerprint density at radius 3 is 3.00 bits per heavy atom. The van der Waals surface area contributed by atoms with Gasteiger partial charge >= 0.3 is 0 Å². The molecule has 0 fully saturated rings. The second kappa shape index (κ2) is 2.79. The number of fused-ring (bicyclic) bond motifs is 3. The van der Waals surface area contributed by atoms with Crippen LogP contribution in [0.1, 0.15) is 5.82 Å². The molecule has 0 saturated carbocycles. The van der Waals surface area contributed by atoms with E-state index < -0.39 is 0 Å². The summed E-state index contributed by atoms with van der Waals surface area (Å²) in [5.74, 6) is 0.300.